The van der Waals surface area contributed by atoms with Crippen molar-refractivity contribution in [3.63, 3.8) is 0 Å². The zero-order chi connectivity index (χ0) is 14.7. The van der Waals surface area contributed by atoms with Crippen LogP contribution in [0.2, 0.25) is 0 Å². The lowest BCUT2D eigenvalue weighted by molar-refractivity contribution is -0.117. The van der Waals surface area contributed by atoms with Crippen LogP contribution >= 0.6 is 0 Å². The van der Waals surface area contributed by atoms with E-state index in [1.807, 2.05) is 11.7 Å². The Kier molecular flexibility index (Phi) is 2.97. The molecule has 3 unspecified atom stereocenters. The topological polar surface area (TPSA) is 42.7 Å². The van der Waals surface area contributed by atoms with Crippen molar-refractivity contribution in [2.24, 2.45) is 29.7 Å². The summed E-state index contributed by atoms with van der Waals surface area (Å²) in [5.74, 6) is 3.08. The quantitative estimate of drug-likeness (QED) is 0.926. The minimum absolute atomic E-state index is 0.500. The van der Waals surface area contributed by atoms with E-state index in [2.05, 4.69) is 29.4 Å². The largest absolute Gasteiger partial charge is 0.316 e. The molecule has 5 rings (SSSR count). The maximum absolute atomic E-state index is 4.46. The fourth-order valence-electron chi connectivity index (χ4n) is 6.52. The van der Waals surface area contributed by atoms with Gasteiger partial charge >= 0.3 is 0 Å². The van der Waals surface area contributed by atoms with Crippen LogP contribution in [0.3, 0.4) is 0 Å². The molecule has 4 bridgehead atoms. The summed E-state index contributed by atoms with van der Waals surface area (Å²) in [4.78, 5) is 4.46. The minimum atomic E-state index is 0.500. The molecule has 4 saturated carbocycles. The third-order valence-electron chi connectivity index (χ3n) is 6.68. The molecule has 0 saturated heterocycles. The molecule has 21 heavy (non-hydrogen) atoms. The molecule has 1 heterocycles. The Labute approximate surface area is 127 Å². The first-order valence-electron chi connectivity index (χ1n) is 8.52. The number of hydrogen-bond donors (Lipinski definition) is 1. The molecular formula is C17H28N4. The van der Waals surface area contributed by atoms with E-state index in [1.165, 1.54) is 38.5 Å². The Balaban J connectivity index is 1.62. The van der Waals surface area contributed by atoms with E-state index in [0.29, 0.717) is 16.9 Å². The molecule has 4 aliphatic carbocycles. The van der Waals surface area contributed by atoms with Gasteiger partial charge in [-0.1, -0.05) is 6.92 Å². The van der Waals surface area contributed by atoms with Gasteiger partial charge in [0.05, 0.1) is 0 Å². The molecule has 0 amide bonds. The molecule has 0 spiro atoms. The third-order valence-corrected chi connectivity index (χ3v) is 6.68. The highest BCUT2D eigenvalue weighted by molar-refractivity contribution is 5.11. The predicted octanol–water partition coefficient (Wildman–Crippen LogP) is 2.55. The second kappa shape index (κ2) is 4.55. The molecule has 116 valence electrons. The molecule has 0 aromatic carbocycles. The van der Waals surface area contributed by atoms with E-state index in [4.69, 9.17) is 0 Å². The highest BCUT2D eigenvalue weighted by atomic mass is 15.3. The molecule has 1 aromatic heterocycles. The normalized spacial score (nSPS) is 42.4. The van der Waals surface area contributed by atoms with Gasteiger partial charge in [0, 0.05) is 19.5 Å². The summed E-state index contributed by atoms with van der Waals surface area (Å²) in [5.41, 5.74) is 1.11. The number of hydrogen-bond acceptors (Lipinski definition) is 3. The van der Waals surface area contributed by atoms with Crippen LogP contribution in [0.15, 0.2) is 6.33 Å². The lowest BCUT2D eigenvalue weighted by Gasteiger charge is -2.63. The van der Waals surface area contributed by atoms with E-state index in [9.17, 15) is 0 Å². The van der Waals surface area contributed by atoms with Gasteiger partial charge in [0.2, 0.25) is 0 Å². The van der Waals surface area contributed by atoms with Crippen molar-refractivity contribution < 1.29 is 0 Å². The van der Waals surface area contributed by atoms with Gasteiger partial charge in [-0.15, -0.1) is 0 Å². The monoisotopic (exact) mass is 288 g/mol. The van der Waals surface area contributed by atoms with Crippen molar-refractivity contribution in [3.8, 4) is 0 Å². The second-order valence-corrected chi connectivity index (χ2v) is 8.48. The van der Waals surface area contributed by atoms with Crippen LogP contribution in [0.25, 0.3) is 0 Å². The Morgan fingerprint density at radius 2 is 2.05 bits per heavy atom. The van der Waals surface area contributed by atoms with Crippen molar-refractivity contribution >= 4 is 0 Å². The lowest BCUT2D eigenvalue weighted by atomic mass is 9.43. The number of aromatic nitrogens is 3. The average molecular weight is 288 g/mol. The molecule has 4 heteroatoms. The van der Waals surface area contributed by atoms with Crippen LogP contribution in [-0.2, 0) is 13.5 Å². The van der Waals surface area contributed by atoms with Gasteiger partial charge in [0.1, 0.15) is 12.2 Å². The smallest absolute Gasteiger partial charge is 0.138 e. The first-order valence-corrected chi connectivity index (χ1v) is 8.52. The zero-order valence-corrected chi connectivity index (χ0v) is 13.6. The van der Waals surface area contributed by atoms with Crippen molar-refractivity contribution in [3.05, 3.63) is 12.2 Å². The van der Waals surface area contributed by atoms with Crippen LogP contribution in [0, 0.1) is 22.7 Å². The van der Waals surface area contributed by atoms with E-state index in [1.54, 1.807) is 6.33 Å². The molecular weight excluding hydrogens is 260 g/mol. The van der Waals surface area contributed by atoms with Crippen molar-refractivity contribution in [1.29, 1.82) is 0 Å². The molecule has 0 radical (unpaired) electrons. The van der Waals surface area contributed by atoms with Gasteiger partial charge in [0.25, 0.3) is 0 Å². The predicted molar refractivity (Wildman–Crippen MR) is 82.8 cm³/mol. The maximum atomic E-state index is 4.46. The standard InChI is InChI=1S/C17H28N4/c1-16-6-12-4-13(7-16)9-17(8-12,10-16)14(18-2)5-15-19-11-20-21(15)3/h11-14,18H,4-10H2,1-3H3. The van der Waals surface area contributed by atoms with Gasteiger partial charge in [-0.25, -0.2) is 4.98 Å². The summed E-state index contributed by atoms with van der Waals surface area (Å²) >= 11 is 0. The fraction of sp³-hybridized carbons (Fsp3) is 0.882. The summed E-state index contributed by atoms with van der Waals surface area (Å²) in [6.45, 7) is 2.55. The molecule has 1 N–H and O–H groups in total. The second-order valence-electron chi connectivity index (χ2n) is 8.48. The Bertz CT molecular complexity index is 521. The zero-order valence-electron chi connectivity index (χ0n) is 13.6. The molecule has 4 fully saturated rings. The van der Waals surface area contributed by atoms with Gasteiger partial charge < -0.3 is 5.32 Å². The molecule has 4 aliphatic rings. The lowest BCUT2D eigenvalue weighted by Crippen LogP contribution is -2.58. The molecule has 3 atom stereocenters. The number of nitrogens with zero attached hydrogens (tertiary/aromatic N) is 3. The van der Waals surface area contributed by atoms with Crippen molar-refractivity contribution in [1.82, 2.24) is 20.1 Å². The van der Waals surface area contributed by atoms with Crippen molar-refractivity contribution in [2.45, 2.75) is 57.9 Å². The number of nitrogens with one attached hydrogen (secondary N) is 1. The number of aryl methyl sites for hydroxylation is 1. The number of likely N-dealkylation sites (N-methyl/N-ethyl adjacent to an activating group) is 1. The molecule has 4 nitrogen and oxygen atoms in total. The summed E-state index contributed by atoms with van der Waals surface area (Å²) in [6.07, 6.45) is 11.4. The van der Waals surface area contributed by atoms with E-state index in [-0.39, 0.29) is 0 Å². The van der Waals surface area contributed by atoms with E-state index < -0.39 is 0 Å². The minimum Gasteiger partial charge on any atom is -0.316 e. The summed E-state index contributed by atoms with van der Waals surface area (Å²) in [5, 5.41) is 7.90. The first-order chi connectivity index (χ1) is 10.0. The first kappa shape index (κ1) is 13.7. The average Bonchev–Trinajstić information content (AvgIpc) is 2.78. The Morgan fingerprint density at radius 1 is 1.33 bits per heavy atom. The van der Waals surface area contributed by atoms with Crippen LogP contribution in [0.1, 0.15) is 51.3 Å². The third kappa shape index (κ3) is 2.14. The Morgan fingerprint density at radius 3 is 2.57 bits per heavy atom. The Hall–Kier alpha value is -0.900. The van der Waals surface area contributed by atoms with Crippen LogP contribution in [0.4, 0.5) is 0 Å². The van der Waals surface area contributed by atoms with Gasteiger partial charge in [-0.2, -0.15) is 5.10 Å². The van der Waals surface area contributed by atoms with Crippen LogP contribution < -0.4 is 5.32 Å². The van der Waals surface area contributed by atoms with Gasteiger partial charge in [-0.3, -0.25) is 4.68 Å². The summed E-state index contributed by atoms with van der Waals surface area (Å²) < 4.78 is 1.94. The van der Waals surface area contributed by atoms with Gasteiger partial charge in [-0.05, 0) is 68.2 Å². The van der Waals surface area contributed by atoms with E-state index in [0.717, 1.165) is 24.1 Å². The van der Waals surface area contributed by atoms with Gasteiger partial charge in [0.15, 0.2) is 0 Å². The van der Waals surface area contributed by atoms with Crippen LogP contribution in [0.5, 0.6) is 0 Å². The summed E-state index contributed by atoms with van der Waals surface area (Å²) in [6, 6.07) is 0.547. The maximum Gasteiger partial charge on any atom is 0.138 e. The molecule has 0 aliphatic heterocycles. The molecule has 1 aromatic rings. The SMILES string of the molecule is CNC(Cc1ncnn1C)C12CC3CC(CC(C)(C3)C1)C2. The fourth-order valence-corrected chi connectivity index (χ4v) is 6.52. The summed E-state index contributed by atoms with van der Waals surface area (Å²) in [7, 11) is 4.15. The highest BCUT2D eigenvalue weighted by Gasteiger charge is 2.58. The highest BCUT2D eigenvalue weighted by Crippen LogP contribution is 2.66. The van der Waals surface area contributed by atoms with Crippen molar-refractivity contribution in [2.75, 3.05) is 7.05 Å². The van der Waals surface area contributed by atoms with E-state index >= 15 is 0 Å². The van der Waals surface area contributed by atoms with Crippen LogP contribution in [-0.4, -0.2) is 27.9 Å². The number of rotatable bonds is 4.